The molecule has 1 fully saturated rings. The first kappa shape index (κ1) is 15.7. The molecule has 1 amide bonds. The molecule has 8 heteroatoms. The molecule has 0 spiro atoms. The monoisotopic (exact) mass is 333 g/mol. The number of ether oxygens (including phenoxy) is 1. The highest BCUT2D eigenvalue weighted by Crippen LogP contribution is 2.26. The van der Waals surface area contributed by atoms with Gasteiger partial charge in [-0.2, -0.15) is 4.98 Å². The molecule has 122 valence electrons. The minimum atomic E-state index is -0.360. The summed E-state index contributed by atoms with van der Waals surface area (Å²) >= 11 is 1.54. The highest BCUT2D eigenvalue weighted by Gasteiger charge is 2.37. The summed E-state index contributed by atoms with van der Waals surface area (Å²) in [5.74, 6) is 1.29. The van der Waals surface area contributed by atoms with Crippen LogP contribution in [0.25, 0.3) is 0 Å². The molecular formula is C15H19N5O2S. The zero-order valence-electron chi connectivity index (χ0n) is 13.3. The number of nitrogens with zero attached hydrogens (tertiary/aromatic N) is 4. The van der Waals surface area contributed by atoms with E-state index in [1.54, 1.807) is 34.0 Å². The number of rotatable bonds is 5. The van der Waals surface area contributed by atoms with Gasteiger partial charge in [-0.05, 0) is 18.9 Å². The van der Waals surface area contributed by atoms with Gasteiger partial charge < -0.3 is 10.1 Å². The maximum atomic E-state index is 12.0. The average Bonchev–Trinajstić information content (AvgIpc) is 3.16. The number of thiazole rings is 1. The maximum absolute atomic E-state index is 12.0. The molecule has 0 aliphatic carbocycles. The van der Waals surface area contributed by atoms with Crippen molar-refractivity contribution in [3.63, 3.8) is 0 Å². The van der Waals surface area contributed by atoms with E-state index in [9.17, 15) is 4.79 Å². The van der Waals surface area contributed by atoms with Crippen LogP contribution >= 0.6 is 11.3 Å². The third-order valence-corrected chi connectivity index (χ3v) is 4.41. The number of hydrogen-bond acceptors (Lipinski definition) is 7. The fourth-order valence-electron chi connectivity index (χ4n) is 2.45. The average molecular weight is 333 g/mol. The molecule has 2 unspecified atom stereocenters. The van der Waals surface area contributed by atoms with Crippen LogP contribution in [0.3, 0.4) is 0 Å². The molecule has 3 rings (SSSR count). The molecule has 0 aromatic carbocycles. The lowest BCUT2D eigenvalue weighted by atomic mass is 10.0. The van der Waals surface area contributed by atoms with E-state index in [-0.39, 0.29) is 24.1 Å². The van der Waals surface area contributed by atoms with E-state index in [1.165, 1.54) is 0 Å². The number of hydrogen-bond donors (Lipinski definition) is 1. The molecule has 1 saturated heterocycles. The summed E-state index contributed by atoms with van der Waals surface area (Å²) in [6.45, 7) is 6.50. The van der Waals surface area contributed by atoms with Crippen LogP contribution in [0.15, 0.2) is 23.2 Å². The highest BCUT2D eigenvalue weighted by molar-refractivity contribution is 7.07. The van der Waals surface area contributed by atoms with Gasteiger partial charge in [0.25, 0.3) is 0 Å². The molecule has 7 nitrogen and oxygen atoms in total. The summed E-state index contributed by atoms with van der Waals surface area (Å²) in [5, 5.41) is 5.19. The Balaban J connectivity index is 1.81. The van der Waals surface area contributed by atoms with E-state index in [0.29, 0.717) is 18.4 Å². The van der Waals surface area contributed by atoms with Crippen molar-refractivity contribution >= 4 is 29.2 Å². The van der Waals surface area contributed by atoms with Gasteiger partial charge in [-0.3, -0.25) is 4.90 Å². The standard InChI is InChI=1S/C15H19N5O2S/c1-9(2)12-6-22-15(21)20(12)13-4-5-16-14(19-13)18-10(3)11-7-23-8-17-11/h4-5,7-10,12H,6H2,1-3H3,(H,16,18,19). The van der Waals surface area contributed by atoms with Crippen LogP contribution in [0, 0.1) is 5.92 Å². The van der Waals surface area contributed by atoms with E-state index in [2.05, 4.69) is 34.1 Å². The van der Waals surface area contributed by atoms with Crippen molar-refractivity contribution in [3.8, 4) is 0 Å². The number of aromatic nitrogens is 3. The van der Waals surface area contributed by atoms with Gasteiger partial charge in [0.15, 0.2) is 0 Å². The number of amides is 1. The second-order valence-electron chi connectivity index (χ2n) is 5.78. The highest BCUT2D eigenvalue weighted by atomic mass is 32.1. The molecule has 1 N–H and O–H groups in total. The van der Waals surface area contributed by atoms with Crippen molar-refractivity contribution in [1.82, 2.24) is 15.0 Å². The zero-order valence-corrected chi connectivity index (χ0v) is 14.1. The molecule has 2 aromatic heterocycles. The smallest absolute Gasteiger partial charge is 0.415 e. The van der Waals surface area contributed by atoms with Crippen LogP contribution in [-0.4, -0.2) is 33.7 Å². The molecular weight excluding hydrogens is 314 g/mol. The van der Waals surface area contributed by atoms with Crippen molar-refractivity contribution in [2.75, 3.05) is 16.8 Å². The number of nitrogens with one attached hydrogen (secondary N) is 1. The van der Waals surface area contributed by atoms with E-state index < -0.39 is 0 Å². The van der Waals surface area contributed by atoms with E-state index in [0.717, 1.165) is 5.69 Å². The van der Waals surface area contributed by atoms with Gasteiger partial charge in [-0.15, -0.1) is 11.3 Å². The van der Waals surface area contributed by atoms with Gasteiger partial charge in [0.05, 0.1) is 23.3 Å². The zero-order chi connectivity index (χ0) is 16.4. The Morgan fingerprint density at radius 3 is 2.91 bits per heavy atom. The minimum absolute atomic E-state index is 0.0112. The number of anilines is 2. The largest absolute Gasteiger partial charge is 0.447 e. The van der Waals surface area contributed by atoms with Crippen LogP contribution in [0.4, 0.5) is 16.6 Å². The first-order valence-electron chi connectivity index (χ1n) is 7.50. The molecule has 0 bridgehead atoms. The minimum Gasteiger partial charge on any atom is -0.447 e. The second kappa shape index (κ2) is 6.49. The van der Waals surface area contributed by atoms with Crippen molar-refractivity contribution in [3.05, 3.63) is 28.8 Å². The molecule has 2 atom stereocenters. The fourth-order valence-corrected chi connectivity index (χ4v) is 3.09. The van der Waals surface area contributed by atoms with Gasteiger partial charge >= 0.3 is 6.09 Å². The third-order valence-electron chi connectivity index (χ3n) is 3.80. The molecule has 0 saturated carbocycles. The number of carbonyl (C=O) groups is 1. The first-order chi connectivity index (χ1) is 11.1. The Morgan fingerprint density at radius 1 is 1.39 bits per heavy atom. The lowest BCUT2D eigenvalue weighted by molar-refractivity contribution is 0.177. The van der Waals surface area contributed by atoms with Crippen molar-refractivity contribution in [2.45, 2.75) is 32.9 Å². The summed E-state index contributed by atoms with van der Waals surface area (Å²) in [5.41, 5.74) is 2.72. The molecule has 0 radical (unpaired) electrons. The summed E-state index contributed by atoms with van der Waals surface area (Å²) in [6.07, 6.45) is 1.28. The lowest BCUT2D eigenvalue weighted by Gasteiger charge is -2.23. The summed E-state index contributed by atoms with van der Waals surface area (Å²) in [6, 6.07) is 1.70. The van der Waals surface area contributed by atoms with Gasteiger partial charge in [0.1, 0.15) is 12.4 Å². The summed E-state index contributed by atoms with van der Waals surface area (Å²) < 4.78 is 5.17. The van der Waals surface area contributed by atoms with Crippen LogP contribution in [0.1, 0.15) is 32.5 Å². The Morgan fingerprint density at radius 2 is 2.22 bits per heavy atom. The Kier molecular flexibility index (Phi) is 4.42. The van der Waals surface area contributed by atoms with E-state index >= 15 is 0 Å². The van der Waals surface area contributed by atoms with Gasteiger partial charge in [0.2, 0.25) is 5.95 Å². The first-order valence-corrected chi connectivity index (χ1v) is 8.44. The fraction of sp³-hybridized carbons (Fsp3) is 0.467. The number of carbonyl (C=O) groups excluding carboxylic acids is 1. The lowest BCUT2D eigenvalue weighted by Crippen LogP contribution is -2.37. The Bertz CT molecular complexity index is 676. The SMILES string of the molecule is CC(Nc1nccc(N2C(=O)OCC2C(C)C)n1)c1cscn1. The normalized spacial score (nSPS) is 19.0. The summed E-state index contributed by atoms with van der Waals surface area (Å²) in [4.78, 5) is 26.6. The van der Waals surface area contributed by atoms with Gasteiger partial charge in [-0.25, -0.2) is 14.8 Å². The molecule has 3 heterocycles. The van der Waals surface area contributed by atoms with E-state index in [4.69, 9.17) is 4.74 Å². The summed E-state index contributed by atoms with van der Waals surface area (Å²) in [7, 11) is 0. The van der Waals surface area contributed by atoms with Crippen LogP contribution < -0.4 is 10.2 Å². The van der Waals surface area contributed by atoms with Crippen molar-refractivity contribution in [2.24, 2.45) is 5.92 Å². The second-order valence-corrected chi connectivity index (χ2v) is 6.49. The van der Waals surface area contributed by atoms with E-state index in [1.807, 2.05) is 12.3 Å². The topological polar surface area (TPSA) is 80.2 Å². The van der Waals surface area contributed by atoms with Gasteiger partial charge in [-0.1, -0.05) is 13.8 Å². The number of cyclic esters (lactones) is 1. The molecule has 1 aliphatic rings. The van der Waals surface area contributed by atoms with Gasteiger partial charge in [0, 0.05) is 11.6 Å². The van der Waals surface area contributed by atoms with Crippen LogP contribution in [0.5, 0.6) is 0 Å². The maximum Gasteiger partial charge on any atom is 0.415 e. The van der Waals surface area contributed by atoms with Crippen LogP contribution in [0.2, 0.25) is 0 Å². The van der Waals surface area contributed by atoms with Crippen LogP contribution in [-0.2, 0) is 4.74 Å². The predicted molar refractivity (Wildman–Crippen MR) is 88.6 cm³/mol. The third kappa shape index (κ3) is 3.26. The Hall–Kier alpha value is -2.22. The molecule has 1 aliphatic heterocycles. The molecule has 2 aromatic rings. The molecule has 23 heavy (non-hydrogen) atoms. The predicted octanol–water partition coefficient (Wildman–Crippen LogP) is 3.09. The Labute approximate surface area is 138 Å². The quantitative estimate of drug-likeness (QED) is 0.905. The van der Waals surface area contributed by atoms with Crippen molar-refractivity contribution < 1.29 is 9.53 Å². The van der Waals surface area contributed by atoms with Crippen molar-refractivity contribution in [1.29, 1.82) is 0 Å².